The number of hydrogen-bond acceptors (Lipinski definition) is 4. The zero-order valence-electron chi connectivity index (χ0n) is 12.2. The van der Waals surface area contributed by atoms with E-state index in [0.29, 0.717) is 6.54 Å². The first-order valence-corrected chi connectivity index (χ1v) is 7.87. The van der Waals surface area contributed by atoms with E-state index in [2.05, 4.69) is 16.4 Å². The molecule has 3 aromatic rings. The van der Waals surface area contributed by atoms with Gasteiger partial charge in [-0.3, -0.25) is 4.79 Å². The minimum atomic E-state index is -0.0146. The van der Waals surface area contributed by atoms with Gasteiger partial charge in [-0.25, -0.2) is 4.98 Å². The number of pyridine rings is 1. The molecular weight excluding hydrogens is 296 g/mol. The van der Waals surface area contributed by atoms with Crippen molar-refractivity contribution < 1.29 is 9.21 Å². The topological polar surface area (TPSA) is 55.1 Å². The largest absolute Gasteiger partial charge is 0.464 e. The predicted molar refractivity (Wildman–Crippen MR) is 87.0 cm³/mol. The molecule has 2 aromatic heterocycles. The van der Waals surface area contributed by atoms with Crippen molar-refractivity contribution in [3.05, 3.63) is 54.4 Å². The fourth-order valence-electron chi connectivity index (χ4n) is 2.22. The molecule has 0 spiro atoms. The van der Waals surface area contributed by atoms with Gasteiger partial charge in [0.25, 0.3) is 0 Å². The van der Waals surface area contributed by atoms with Crippen LogP contribution < -0.4 is 5.32 Å². The molecule has 0 saturated carbocycles. The fourth-order valence-corrected chi connectivity index (χ4v) is 3.03. The van der Waals surface area contributed by atoms with Crippen LogP contribution in [0.15, 0.2) is 63.2 Å². The highest BCUT2D eigenvalue weighted by Gasteiger charge is 2.08. The zero-order chi connectivity index (χ0) is 15.4. The Kier molecular flexibility index (Phi) is 4.44. The summed E-state index contributed by atoms with van der Waals surface area (Å²) < 4.78 is 5.57. The summed E-state index contributed by atoms with van der Waals surface area (Å²) in [6, 6.07) is 12.0. The number of carbonyl (C=O) groups excluding carboxylic acids is 1. The fraction of sp³-hybridized carbons (Fsp3) is 0.176. The highest BCUT2D eigenvalue weighted by atomic mass is 32.2. The molecule has 0 bridgehead atoms. The Balaban J connectivity index is 1.80. The highest BCUT2D eigenvalue weighted by molar-refractivity contribution is 7.99. The number of nitrogens with zero attached hydrogens (tertiary/aromatic N) is 1. The average Bonchev–Trinajstić information content (AvgIpc) is 2.91. The smallest absolute Gasteiger partial charge is 0.216 e. The first kappa shape index (κ1) is 14.7. The maximum Gasteiger partial charge on any atom is 0.216 e. The number of aromatic nitrogens is 1. The minimum absolute atomic E-state index is 0.0146. The van der Waals surface area contributed by atoms with Gasteiger partial charge in [0.1, 0.15) is 10.6 Å². The lowest BCUT2D eigenvalue weighted by Crippen LogP contribution is -2.22. The molecule has 112 valence electrons. The monoisotopic (exact) mass is 312 g/mol. The third-order valence-electron chi connectivity index (χ3n) is 3.25. The summed E-state index contributed by atoms with van der Waals surface area (Å²) >= 11 is 1.62. The van der Waals surface area contributed by atoms with Crippen LogP contribution in [0.5, 0.6) is 0 Å². The van der Waals surface area contributed by atoms with E-state index in [1.54, 1.807) is 24.2 Å². The van der Waals surface area contributed by atoms with Gasteiger partial charge < -0.3 is 9.73 Å². The van der Waals surface area contributed by atoms with Crippen molar-refractivity contribution in [1.29, 1.82) is 0 Å². The van der Waals surface area contributed by atoms with Gasteiger partial charge in [0.05, 0.1) is 6.26 Å². The van der Waals surface area contributed by atoms with E-state index < -0.39 is 0 Å². The Hall–Kier alpha value is -2.27. The maximum absolute atomic E-state index is 10.9. The molecule has 0 radical (unpaired) electrons. The van der Waals surface area contributed by atoms with Gasteiger partial charge in [0.15, 0.2) is 0 Å². The molecular formula is C17H16N2O2S. The minimum Gasteiger partial charge on any atom is -0.464 e. The van der Waals surface area contributed by atoms with Gasteiger partial charge in [-0.05, 0) is 42.3 Å². The van der Waals surface area contributed by atoms with Crippen LogP contribution in [0.4, 0.5) is 0 Å². The molecule has 1 N–H and O–H groups in total. The van der Waals surface area contributed by atoms with Gasteiger partial charge in [-0.15, -0.1) is 0 Å². The van der Waals surface area contributed by atoms with Crippen molar-refractivity contribution in [2.45, 2.75) is 23.3 Å². The lowest BCUT2D eigenvalue weighted by atomic mass is 10.1. The molecule has 1 aromatic carbocycles. The average molecular weight is 312 g/mol. The lowest BCUT2D eigenvalue weighted by Gasteiger charge is -2.03. The molecule has 0 aliphatic heterocycles. The quantitative estimate of drug-likeness (QED) is 0.781. The molecule has 0 aliphatic carbocycles. The molecule has 0 aliphatic rings. The van der Waals surface area contributed by atoms with Gasteiger partial charge >= 0.3 is 0 Å². The third-order valence-corrected chi connectivity index (χ3v) is 4.19. The van der Waals surface area contributed by atoms with E-state index in [4.69, 9.17) is 4.42 Å². The Morgan fingerprint density at radius 1 is 1.32 bits per heavy atom. The highest BCUT2D eigenvalue weighted by Crippen LogP contribution is 2.31. The van der Waals surface area contributed by atoms with Crippen LogP contribution in [0.3, 0.4) is 0 Å². The molecule has 4 nitrogen and oxygen atoms in total. The van der Waals surface area contributed by atoms with E-state index in [1.807, 2.05) is 30.3 Å². The maximum atomic E-state index is 10.9. The number of carbonyl (C=O) groups is 1. The van der Waals surface area contributed by atoms with Crippen LogP contribution in [-0.4, -0.2) is 17.4 Å². The summed E-state index contributed by atoms with van der Waals surface area (Å²) in [6.07, 6.45) is 4.31. The van der Waals surface area contributed by atoms with E-state index in [0.717, 1.165) is 32.9 Å². The second-order valence-corrected chi connectivity index (χ2v) is 6.02. The van der Waals surface area contributed by atoms with Gasteiger partial charge in [-0.1, -0.05) is 17.8 Å². The Morgan fingerprint density at radius 3 is 3.00 bits per heavy atom. The van der Waals surface area contributed by atoms with Crippen molar-refractivity contribution in [1.82, 2.24) is 10.3 Å². The van der Waals surface area contributed by atoms with Gasteiger partial charge in [-0.2, -0.15) is 0 Å². The number of nitrogens with one attached hydrogen (secondary N) is 1. The molecule has 0 saturated heterocycles. The molecule has 0 atom stereocenters. The van der Waals surface area contributed by atoms with Crippen molar-refractivity contribution in [3.63, 3.8) is 0 Å². The summed E-state index contributed by atoms with van der Waals surface area (Å²) in [5.41, 5.74) is 1.97. The second-order valence-electron chi connectivity index (χ2n) is 4.92. The van der Waals surface area contributed by atoms with E-state index >= 15 is 0 Å². The number of fused-ring (bicyclic) bond motifs is 1. The molecule has 2 heterocycles. The van der Waals surface area contributed by atoms with Gasteiger partial charge in [0, 0.05) is 29.9 Å². The van der Waals surface area contributed by atoms with Crippen LogP contribution in [0.1, 0.15) is 12.5 Å². The third kappa shape index (κ3) is 3.49. The van der Waals surface area contributed by atoms with E-state index in [-0.39, 0.29) is 5.91 Å². The van der Waals surface area contributed by atoms with Crippen LogP contribution >= 0.6 is 11.8 Å². The SMILES string of the molecule is CC(=O)NCCc1coc2ccc(Sc3ccccn3)cc12. The first-order valence-electron chi connectivity index (χ1n) is 7.06. The van der Waals surface area contributed by atoms with Crippen LogP contribution in [0.25, 0.3) is 11.0 Å². The Labute approximate surface area is 132 Å². The first-order chi connectivity index (χ1) is 10.7. The summed E-state index contributed by atoms with van der Waals surface area (Å²) in [7, 11) is 0. The number of furan rings is 1. The molecule has 0 unspecified atom stereocenters. The standard InChI is InChI=1S/C17H16N2O2S/c1-12(20)18-9-7-13-11-21-16-6-5-14(10-15(13)16)22-17-4-2-3-8-19-17/h2-6,8,10-11H,7,9H2,1H3,(H,18,20). The normalized spacial score (nSPS) is 10.8. The van der Waals surface area contributed by atoms with Crippen molar-refractivity contribution in [3.8, 4) is 0 Å². The predicted octanol–water partition coefficient (Wildman–Crippen LogP) is 3.66. The number of benzene rings is 1. The number of amides is 1. The molecule has 1 amide bonds. The molecule has 3 rings (SSSR count). The molecule has 0 fully saturated rings. The summed E-state index contributed by atoms with van der Waals surface area (Å²) in [4.78, 5) is 16.4. The van der Waals surface area contributed by atoms with Crippen LogP contribution in [0.2, 0.25) is 0 Å². The van der Waals surface area contributed by atoms with Crippen molar-refractivity contribution >= 4 is 28.6 Å². The van der Waals surface area contributed by atoms with E-state index in [1.165, 1.54) is 6.92 Å². The lowest BCUT2D eigenvalue weighted by molar-refractivity contribution is -0.118. The van der Waals surface area contributed by atoms with Crippen molar-refractivity contribution in [2.24, 2.45) is 0 Å². The Morgan fingerprint density at radius 2 is 2.23 bits per heavy atom. The molecule has 5 heteroatoms. The van der Waals surface area contributed by atoms with Crippen molar-refractivity contribution in [2.75, 3.05) is 6.54 Å². The van der Waals surface area contributed by atoms with Gasteiger partial charge in [0.2, 0.25) is 5.91 Å². The van der Waals surface area contributed by atoms with E-state index in [9.17, 15) is 4.79 Å². The van der Waals surface area contributed by atoms with Crippen LogP contribution in [-0.2, 0) is 11.2 Å². The summed E-state index contributed by atoms with van der Waals surface area (Å²) in [5.74, 6) is -0.0146. The zero-order valence-corrected chi connectivity index (χ0v) is 13.0. The Bertz CT molecular complexity index is 784. The van der Waals surface area contributed by atoms with Crippen LogP contribution in [0, 0.1) is 0 Å². The molecule has 22 heavy (non-hydrogen) atoms. The summed E-state index contributed by atoms with van der Waals surface area (Å²) in [5, 5.41) is 4.86. The second kappa shape index (κ2) is 6.66. The summed E-state index contributed by atoms with van der Waals surface area (Å²) in [6.45, 7) is 2.14. The number of rotatable bonds is 5. The number of hydrogen-bond donors (Lipinski definition) is 1.